The van der Waals surface area contributed by atoms with Gasteiger partial charge >= 0.3 is 0 Å². The predicted octanol–water partition coefficient (Wildman–Crippen LogP) is 3.79. The molecule has 3 heterocycles. The van der Waals surface area contributed by atoms with Gasteiger partial charge in [0.05, 0.1) is 50.2 Å². The fraction of sp³-hybridized carbons (Fsp3) is 0.444. The quantitative estimate of drug-likeness (QED) is 0.287. The molecule has 5 rings (SSSR count). The molecule has 202 valence electrons. The number of nitrogens with zero attached hydrogens (tertiary/aromatic N) is 5. The molecular weight excluding hydrogens is 491 g/mol. The highest BCUT2D eigenvalue weighted by atomic mass is 19.1. The number of halogens is 1. The Morgan fingerprint density at radius 1 is 1.18 bits per heavy atom. The summed E-state index contributed by atoms with van der Waals surface area (Å²) in [5, 5.41) is 32.5. The number of methoxy groups -OCH3 is 1. The molecule has 3 aromatic heterocycles. The highest BCUT2D eigenvalue weighted by molar-refractivity contribution is 5.93. The summed E-state index contributed by atoms with van der Waals surface area (Å²) in [5.41, 5.74) is 2.54. The van der Waals surface area contributed by atoms with Crippen LogP contribution in [0.5, 0.6) is 11.5 Å². The van der Waals surface area contributed by atoms with Gasteiger partial charge in [0.2, 0.25) is 0 Å². The third kappa shape index (κ3) is 5.44. The van der Waals surface area contributed by atoms with E-state index in [1.165, 1.54) is 13.2 Å². The van der Waals surface area contributed by atoms with Crippen molar-refractivity contribution in [1.82, 2.24) is 24.5 Å². The number of anilines is 1. The lowest BCUT2D eigenvalue weighted by Crippen LogP contribution is -2.26. The van der Waals surface area contributed by atoms with Crippen LogP contribution in [0.1, 0.15) is 38.6 Å². The number of aliphatic hydroxyl groups excluding tert-OH is 2. The molecule has 0 aliphatic heterocycles. The van der Waals surface area contributed by atoms with Crippen LogP contribution in [0, 0.1) is 5.82 Å². The van der Waals surface area contributed by atoms with Gasteiger partial charge in [0, 0.05) is 42.0 Å². The van der Waals surface area contributed by atoms with Crippen LogP contribution in [0.15, 0.2) is 42.9 Å². The van der Waals surface area contributed by atoms with Crippen molar-refractivity contribution < 1.29 is 24.1 Å². The fourth-order valence-electron chi connectivity index (χ4n) is 4.95. The van der Waals surface area contributed by atoms with E-state index < -0.39 is 11.9 Å². The number of benzene rings is 1. The number of nitrogens with one attached hydrogen (secondary N) is 1. The highest BCUT2D eigenvalue weighted by Gasteiger charge is 2.27. The molecule has 0 amide bonds. The number of aliphatic hydroxyl groups is 2. The minimum atomic E-state index is -0.884. The van der Waals surface area contributed by atoms with Gasteiger partial charge in [-0.3, -0.25) is 9.36 Å². The first-order valence-corrected chi connectivity index (χ1v) is 12.9. The van der Waals surface area contributed by atoms with E-state index in [2.05, 4.69) is 20.1 Å². The summed E-state index contributed by atoms with van der Waals surface area (Å²) >= 11 is 0. The molecule has 10 nitrogen and oxygen atoms in total. The summed E-state index contributed by atoms with van der Waals surface area (Å²) in [6, 6.07) is 6.81. The van der Waals surface area contributed by atoms with Gasteiger partial charge in [-0.15, -0.1) is 0 Å². The summed E-state index contributed by atoms with van der Waals surface area (Å²) in [6.45, 7) is 2.64. The Morgan fingerprint density at radius 3 is 2.71 bits per heavy atom. The number of pyridine rings is 1. The molecule has 1 fully saturated rings. The first-order valence-electron chi connectivity index (χ1n) is 12.9. The summed E-state index contributed by atoms with van der Waals surface area (Å²) in [5.74, 6) is 1.05. The third-order valence-electron chi connectivity index (χ3n) is 6.89. The Labute approximate surface area is 220 Å². The van der Waals surface area contributed by atoms with Gasteiger partial charge in [-0.1, -0.05) is 0 Å². The number of aromatic nitrogens is 5. The molecule has 4 aromatic rings. The van der Waals surface area contributed by atoms with E-state index in [1.54, 1.807) is 23.0 Å². The maximum atomic E-state index is 14.4. The van der Waals surface area contributed by atoms with Gasteiger partial charge < -0.3 is 25.0 Å². The molecule has 38 heavy (non-hydrogen) atoms. The molecule has 0 saturated heterocycles. The smallest absolute Gasteiger partial charge is 0.168 e. The lowest BCUT2D eigenvalue weighted by atomic mass is 9.93. The van der Waals surface area contributed by atoms with Crippen LogP contribution < -0.4 is 14.8 Å². The van der Waals surface area contributed by atoms with E-state index in [9.17, 15) is 9.50 Å². The summed E-state index contributed by atoms with van der Waals surface area (Å²) < 4.78 is 29.1. The van der Waals surface area contributed by atoms with Gasteiger partial charge in [-0.05, 0) is 44.7 Å². The summed E-state index contributed by atoms with van der Waals surface area (Å²) in [6.07, 6.45) is 7.60. The van der Waals surface area contributed by atoms with E-state index in [0.717, 1.165) is 60.2 Å². The molecule has 1 aromatic carbocycles. The van der Waals surface area contributed by atoms with Gasteiger partial charge in [0.15, 0.2) is 11.6 Å². The molecule has 0 radical (unpaired) electrons. The Morgan fingerprint density at radius 2 is 2.00 bits per heavy atom. The zero-order chi connectivity index (χ0) is 26.6. The Bertz CT molecular complexity index is 1380. The van der Waals surface area contributed by atoms with Gasteiger partial charge in [0.25, 0.3) is 0 Å². The fourth-order valence-corrected chi connectivity index (χ4v) is 4.95. The number of fused-ring (bicyclic) bond motifs is 1. The van der Waals surface area contributed by atoms with Gasteiger partial charge in [-0.2, -0.15) is 10.2 Å². The van der Waals surface area contributed by atoms with Crippen molar-refractivity contribution in [1.29, 1.82) is 0 Å². The van der Waals surface area contributed by atoms with Crippen LogP contribution in [-0.4, -0.2) is 67.2 Å². The van der Waals surface area contributed by atoms with Crippen LogP contribution in [0.4, 0.5) is 10.2 Å². The SMILES string of the molecule is CCNc1cc2c(cn1)c(-c1cnn(C[C@@H](O)CO)c1)nn2C1CCC(Oc2ccc(OC)cc2F)CC1. The average molecular weight is 525 g/mol. The second-order valence-electron chi connectivity index (χ2n) is 9.54. The summed E-state index contributed by atoms with van der Waals surface area (Å²) in [4.78, 5) is 4.56. The maximum absolute atomic E-state index is 14.4. The molecule has 3 N–H and O–H groups in total. The number of rotatable bonds is 10. The maximum Gasteiger partial charge on any atom is 0.168 e. The average Bonchev–Trinajstić information content (AvgIpc) is 3.54. The Kier molecular flexibility index (Phi) is 7.75. The Balaban J connectivity index is 1.38. The van der Waals surface area contributed by atoms with Crippen molar-refractivity contribution in [3.8, 4) is 22.8 Å². The normalized spacial score (nSPS) is 18.4. The lowest BCUT2D eigenvalue weighted by Gasteiger charge is -2.29. The van der Waals surface area contributed by atoms with Gasteiger partial charge in [0.1, 0.15) is 17.3 Å². The monoisotopic (exact) mass is 524 g/mol. The first kappa shape index (κ1) is 25.9. The van der Waals surface area contributed by atoms with Crippen molar-refractivity contribution in [2.75, 3.05) is 25.6 Å². The Hall–Kier alpha value is -3.70. The first-order chi connectivity index (χ1) is 18.5. The van der Waals surface area contributed by atoms with Crippen molar-refractivity contribution >= 4 is 16.7 Å². The zero-order valence-corrected chi connectivity index (χ0v) is 21.5. The largest absolute Gasteiger partial charge is 0.497 e. The van der Waals surface area contributed by atoms with Crippen LogP contribution >= 0.6 is 0 Å². The molecule has 0 spiro atoms. The third-order valence-corrected chi connectivity index (χ3v) is 6.89. The van der Waals surface area contributed by atoms with Crippen LogP contribution in [0.25, 0.3) is 22.2 Å². The molecule has 1 aliphatic carbocycles. The van der Waals surface area contributed by atoms with Crippen LogP contribution in [0.2, 0.25) is 0 Å². The van der Waals surface area contributed by atoms with E-state index in [-0.39, 0.29) is 31.0 Å². The molecule has 1 saturated carbocycles. The number of hydrogen-bond donors (Lipinski definition) is 3. The predicted molar refractivity (Wildman–Crippen MR) is 141 cm³/mol. The van der Waals surface area contributed by atoms with E-state index in [4.69, 9.17) is 19.7 Å². The molecule has 11 heteroatoms. The second kappa shape index (κ2) is 11.4. The van der Waals surface area contributed by atoms with Crippen molar-refractivity contribution in [2.45, 2.75) is 57.4 Å². The van der Waals surface area contributed by atoms with E-state index >= 15 is 0 Å². The molecule has 0 bridgehead atoms. The topological polar surface area (TPSA) is 119 Å². The minimum Gasteiger partial charge on any atom is -0.497 e. The second-order valence-corrected chi connectivity index (χ2v) is 9.54. The van der Waals surface area contributed by atoms with Crippen molar-refractivity contribution in [2.24, 2.45) is 0 Å². The van der Waals surface area contributed by atoms with Crippen LogP contribution in [0.3, 0.4) is 0 Å². The lowest BCUT2D eigenvalue weighted by molar-refractivity contribution is 0.0783. The molecule has 0 unspecified atom stereocenters. The summed E-state index contributed by atoms with van der Waals surface area (Å²) in [7, 11) is 1.51. The van der Waals surface area contributed by atoms with Crippen molar-refractivity contribution in [3.63, 3.8) is 0 Å². The number of ether oxygens (including phenoxy) is 2. The molecule has 1 atom stereocenters. The minimum absolute atomic E-state index is 0.0781. The van der Waals surface area contributed by atoms with E-state index in [1.807, 2.05) is 25.4 Å². The standard InChI is InChI=1S/C27H33FN6O4/c1-3-29-26-11-24-22(13-30-26)27(17-12-31-33(14-17)15-19(36)16-35)32-34(24)18-4-6-20(7-5-18)38-25-9-8-21(37-2)10-23(25)28/h8-14,18-20,35-36H,3-7,15-16H2,1-2H3,(H,29,30)/t18?,19-,20?/m1/s1. The van der Waals surface area contributed by atoms with E-state index in [0.29, 0.717) is 5.75 Å². The van der Waals surface area contributed by atoms with Gasteiger partial charge in [-0.25, -0.2) is 9.37 Å². The molecule has 1 aliphatic rings. The van der Waals surface area contributed by atoms with Crippen LogP contribution in [-0.2, 0) is 6.54 Å². The highest BCUT2D eigenvalue weighted by Crippen LogP contribution is 2.37. The van der Waals surface area contributed by atoms with Crippen molar-refractivity contribution in [3.05, 3.63) is 48.7 Å². The molecular formula is C27H33FN6O4. The zero-order valence-electron chi connectivity index (χ0n) is 21.5. The number of hydrogen-bond acceptors (Lipinski definition) is 8.